The first kappa shape index (κ1) is 14.9. The van der Waals surface area contributed by atoms with Gasteiger partial charge in [-0.05, 0) is 41.6 Å². The van der Waals surface area contributed by atoms with Crippen LogP contribution in [0.5, 0.6) is 0 Å². The second-order valence-corrected chi connectivity index (χ2v) is 5.98. The van der Waals surface area contributed by atoms with Crippen LogP contribution >= 0.6 is 15.9 Å². The molecule has 0 saturated heterocycles. The molecule has 0 spiro atoms. The Morgan fingerprint density at radius 3 is 2.63 bits per heavy atom. The summed E-state index contributed by atoms with van der Waals surface area (Å²) in [6, 6.07) is -0.183. The highest BCUT2D eigenvalue weighted by Gasteiger charge is 2.33. The lowest BCUT2D eigenvalue weighted by Gasteiger charge is -2.33. The lowest BCUT2D eigenvalue weighted by Crippen LogP contribution is -2.38. The van der Waals surface area contributed by atoms with Crippen molar-refractivity contribution in [3.05, 3.63) is 10.3 Å². The van der Waals surface area contributed by atoms with Gasteiger partial charge in [0.1, 0.15) is 0 Å². The van der Waals surface area contributed by atoms with Gasteiger partial charge in [0.25, 0.3) is 0 Å². The lowest BCUT2D eigenvalue weighted by molar-refractivity contribution is -0.0115. The second kappa shape index (κ2) is 6.81. The molecule has 2 rings (SSSR count). The van der Waals surface area contributed by atoms with Crippen molar-refractivity contribution < 1.29 is 4.74 Å². The predicted octanol–water partition coefficient (Wildman–Crippen LogP) is 2.56. The second-order valence-electron chi connectivity index (χ2n) is 5.23. The summed E-state index contributed by atoms with van der Waals surface area (Å²) >= 11 is 3.43. The normalized spacial score (nSPS) is 20.4. The fourth-order valence-corrected chi connectivity index (χ4v) is 3.63. The maximum absolute atomic E-state index is 6.45. The Balaban J connectivity index is 2.18. The van der Waals surface area contributed by atoms with Gasteiger partial charge in [0, 0.05) is 13.7 Å². The molecule has 0 bridgehead atoms. The Morgan fingerprint density at radius 2 is 2.11 bits per heavy atom. The van der Waals surface area contributed by atoms with E-state index in [0.717, 1.165) is 10.3 Å². The van der Waals surface area contributed by atoms with Crippen LogP contribution < -0.4 is 5.73 Å². The van der Waals surface area contributed by atoms with Gasteiger partial charge in [-0.15, -0.1) is 5.10 Å². The molecule has 1 saturated carbocycles. The molecule has 1 aliphatic carbocycles. The minimum absolute atomic E-state index is 0.0544. The average Bonchev–Trinajstić information content (AvgIpc) is 2.76. The van der Waals surface area contributed by atoms with Crippen LogP contribution in [0.2, 0.25) is 0 Å². The number of halogens is 1. The van der Waals surface area contributed by atoms with Crippen LogP contribution in [0.1, 0.15) is 50.8 Å². The summed E-state index contributed by atoms with van der Waals surface area (Å²) in [5, 5.41) is 8.03. The molecule has 0 aliphatic heterocycles. The number of nitrogens with zero attached hydrogens (tertiary/aromatic N) is 3. The SMILES string of the molecule is CCOC(C1CCCCC1)C(N)c1c(Br)nnn1C. The van der Waals surface area contributed by atoms with Crippen LogP contribution in [0.15, 0.2) is 4.60 Å². The van der Waals surface area contributed by atoms with Crippen molar-refractivity contribution >= 4 is 15.9 Å². The van der Waals surface area contributed by atoms with Crippen molar-refractivity contribution in [2.24, 2.45) is 18.7 Å². The molecule has 2 N–H and O–H groups in total. The third-order valence-electron chi connectivity index (χ3n) is 3.97. The number of nitrogens with two attached hydrogens (primary N) is 1. The molecule has 6 heteroatoms. The maximum Gasteiger partial charge on any atom is 0.153 e. The first-order chi connectivity index (χ1) is 9.15. The van der Waals surface area contributed by atoms with E-state index in [2.05, 4.69) is 26.2 Å². The maximum atomic E-state index is 6.45. The molecule has 19 heavy (non-hydrogen) atoms. The molecule has 0 aromatic carbocycles. The molecule has 2 atom stereocenters. The fraction of sp³-hybridized carbons (Fsp3) is 0.846. The van der Waals surface area contributed by atoms with Gasteiger partial charge in [0.2, 0.25) is 0 Å². The number of hydrogen-bond donors (Lipinski definition) is 1. The van der Waals surface area contributed by atoms with Crippen molar-refractivity contribution in [2.45, 2.75) is 51.2 Å². The zero-order valence-electron chi connectivity index (χ0n) is 11.7. The highest BCUT2D eigenvalue weighted by atomic mass is 79.9. The molecule has 1 aromatic rings. The van der Waals surface area contributed by atoms with E-state index in [9.17, 15) is 0 Å². The van der Waals surface area contributed by atoms with E-state index in [1.165, 1.54) is 32.1 Å². The Bertz CT molecular complexity index is 384. The fourth-order valence-electron chi connectivity index (χ4n) is 3.04. The first-order valence-electron chi connectivity index (χ1n) is 7.07. The molecule has 0 amide bonds. The smallest absolute Gasteiger partial charge is 0.153 e. The van der Waals surface area contributed by atoms with Crippen molar-refractivity contribution in [1.82, 2.24) is 15.0 Å². The number of aromatic nitrogens is 3. The van der Waals surface area contributed by atoms with E-state index >= 15 is 0 Å². The summed E-state index contributed by atoms with van der Waals surface area (Å²) in [6.45, 7) is 2.72. The van der Waals surface area contributed by atoms with Gasteiger partial charge in [0.15, 0.2) is 4.60 Å². The van der Waals surface area contributed by atoms with Crippen LogP contribution in [0.3, 0.4) is 0 Å². The molecule has 1 fully saturated rings. The average molecular weight is 331 g/mol. The van der Waals surface area contributed by atoms with Crippen molar-refractivity contribution in [3.63, 3.8) is 0 Å². The molecule has 108 valence electrons. The highest BCUT2D eigenvalue weighted by Crippen LogP contribution is 2.34. The predicted molar refractivity (Wildman–Crippen MR) is 77.6 cm³/mol. The van der Waals surface area contributed by atoms with Crippen LogP contribution in [-0.2, 0) is 11.8 Å². The minimum Gasteiger partial charge on any atom is -0.376 e. The monoisotopic (exact) mass is 330 g/mol. The van der Waals surface area contributed by atoms with Gasteiger partial charge in [-0.2, -0.15) is 0 Å². The Kier molecular flexibility index (Phi) is 5.36. The zero-order chi connectivity index (χ0) is 13.8. The summed E-state index contributed by atoms with van der Waals surface area (Å²) in [6.07, 6.45) is 6.38. The van der Waals surface area contributed by atoms with Gasteiger partial charge in [0.05, 0.1) is 17.8 Å². The van der Waals surface area contributed by atoms with Gasteiger partial charge in [-0.3, -0.25) is 0 Å². The molecule has 1 heterocycles. The topological polar surface area (TPSA) is 66.0 Å². The van der Waals surface area contributed by atoms with Crippen LogP contribution in [0, 0.1) is 5.92 Å². The number of rotatable bonds is 5. The number of hydrogen-bond acceptors (Lipinski definition) is 4. The quantitative estimate of drug-likeness (QED) is 0.900. The van der Waals surface area contributed by atoms with E-state index in [4.69, 9.17) is 10.5 Å². The van der Waals surface area contributed by atoms with Gasteiger partial charge in [-0.1, -0.05) is 24.5 Å². The number of ether oxygens (including phenoxy) is 1. The van der Waals surface area contributed by atoms with E-state index < -0.39 is 0 Å². The molecule has 1 aliphatic rings. The number of aryl methyl sites for hydroxylation is 1. The van der Waals surface area contributed by atoms with Gasteiger partial charge >= 0.3 is 0 Å². The molecule has 0 radical (unpaired) electrons. The molecular formula is C13H23BrN4O. The van der Waals surface area contributed by atoms with Crippen molar-refractivity contribution in [2.75, 3.05) is 6.61 Å². The minimum atomic E-state index is -0.183. The summed E-state index contributed by atoms with van der Waals surface area (Å²) in [7, 11) is 1.87. The lowest BCUT2D eigenvalue weighted by atomic mass is 9.82. The highest BCUT2D eigenvalue weighted by molar-refractivity contribution is 9.10. The standard InChI is InChI=1S/C13H23BrN4O/c1-3-19-12(9-7-5-4-6-8-9)10(15)11-13(14)16-17-18(11)2/h9-10,12H,3-8,15H2,1-2H3. The summed E-state index contributed by atoms with van der Waals surface area (Å²) < 4.78 is 8.43. The molecule has 5 nitrogen and oxygen atoms in total. The molecular weight excluding hydrogens is 308 g/mol. The van der Waals surface area contributed by atoms with Crippen molar-refractivity contribution in [3.8, 4) is 0 Å². The molecule has 1 aromatic heterocycles. The van der Waals surface area contributed by atoms with E-state index in [1.807, 2.05) is 14.0 Å². The third kappa shape index (κ3) is 3.35. The van der Waals surface area contributed by atoms with Gasteiger partial charge < -0.3 is 10.5 Å². The summed E-state index contributed by atoms with van der Waals surface area (Å²) in [5.74, 6) is 0.547. The summed E-state index contributed by atoms with van der Waals surface area (Å²) in [4.78, 5) is 0. The van der Waals surface area contributed by atoms with Gasteiger partial charge in [-0.25, -0.2) is 4.68 Å². The zero-order valence-corrected chi connectivity index (χ0v) is 13.3. The van der Waals surface area contributed by atoms with Crippen LogP contribution in [-0.4, -0.2) is 27.7 Å². The summed E-state index contributed by atoms with van der Waals surface area (Å²) in [5.41, 5.74) is 7.37. The first-order valence-corrected chi connectivity index (χ1v) is 7.86. The Hall–Kier alpha value is -0.460. The van der Waals surface area contributed by atoms with Crippen molar-refractivity contribution in [1.29, 1.82) is 0 Å². The Morgan fingerprint density at radius 1 is 1.42 bits per heavy atom. The van der Waals surface area contributed by atoms with E-state index in [-0.39, 0.29) is 12.1 Å². The largest absolute Gasteiger partial charge is 0.376 e. The van der Waals surface area contributed by atoms with E-state index in [1.54, 1.807) is 4.68 Å². The Labute approximate surface area is 123 Å². The third-order valence-corrected chi connectivity index (χ3v) is 4.53. The van der Waals surface area contributed by atoms with Crippen LogP contribution in [0.25, 0.3) is 0 Å². The molecule has 2 unspecified atom stereocenters. The van der Waals surface area contributed by atoms with E-state index in [0.29, 0.717) is 12.5 Å². The van der Waals surface area contributed by atoms with Crippen LogP contribution in [0.4, 0.5) is 0 Å².